The Morgan fingerprint density at radius 2 is 1.76 bits per heavy atom. The molecule has 0 spiro atoms. The fourth-order valence-corrected chi connectivity index (χ4v) is 4.14. The van der Waals surface area contributed by atoms with E-state index in [-0.39, 0.29) is 41.9 Å². The average molecular weight is 381 g/mol. The Hall–Kier alpha value is -1.34. The highest BCUT2D eigenvalue weighted by Gasteiger charge is 2.40. The van der Waals surface area contributed by atoms with Gasteiger partial charge in [-0.15, -0.1) is 12.4 Å². The van der Waals surface area contributed by atoms with Crippen molar-refractivity contribution in [1.82, 2.24) is 5.32 Å². The lowest BCUT2D eigenvalue weighted by molar-refractivity contribution is -0.140. The molecule has 2 unspecified atom stereocenters. The van der Waals surface area contributed by atoms with Gasteiger partial charge in [0, 0.05) is 17.6 Å². The molecule has 2 aliphatic carbocycles. The normalized spacial score (nSPS) is 28.8. The van der Waals surface area contributed by atoms with Gasteiger partial charge < -0.3 is 11.1 Å². The molecule has 3 nitrogen and oxygen atoms in total. The first-order chi connectivity index (χ1) is 11.3. The molecule has 0 radical (unpaired) electrons. The first-order valence-corrected chi connectivity index (χ1v) is 8.19. The second-order valence-corrected chi connectivity index (χ2v) is 6.87. The molecule has 3 N–H and O–H groups in total. The predicted octanol–water partition coefficient (Wildman–Crippen LogP) is 3.90. The van der Waals surface area contributed by atoms with Crippen LogP contribution >= 0.6 is 12.4 Å². The fraction of sp³-hybridized carbons (Fsp3) is 0.588. The third-order valence-electron chi connectivity index (χ3n) is 5.21. The zero-order chi connectivity index (χ0) is 17.5. The van der Waals surface area contributed by atoms with Crippen LogP contribution in [-0.2, 0) is 6.18 Å². The van der Waals surface area contributed by atoms with Crippen molar-refractivity contribution in [2.45, 2.75) is 50.4 Å². The highest BCUT2D eigenvalue weighted by molar-refractivity contribution is 5.94. The van der Waals surface area contributed by atoms with Crippen LogP contribution in [0.5, 0.6) is 0 Å². The summed E-state index contributed by atoms with van der Waals surface area (Å²) in [7, 11) is 0. The molecule has 0 aliphatic heterocycles. The monoisotopic (exact) mass is 380 g/mol. The Morgan fingerprint density at radius 1 is 1.16 bits per heavy atom. The van der Waals surface area contributed by atoms with Crippen molar-refractivity contribution in [3.05, 3.63) is 35.1 Å². The number of benzene rings is 1. The van der Waals surface area contributed by atoms with E-state index < -0.39 is 23.5 Å². The number of hydrogen-bond acceptors (Lipinski definition) is 2. The van der Waals surface area contributed by atoms with E-state index in [1.807, 2.05) is 0 Å². The number of amides is 1. The van der Waals surface area contributed by atoms with Crippen molar-refractivity contribution in [3.8, 4) is 0 Å². The average Bonchev–Trinajstić information content (AvgIpc) is 2.47. The molecule has 2 aliphatic rings. The van der Waals surface area contributed by atoms with E-state index in [4.69, 9.17) is 5.73 Å². The first-order valence-electron chi connectivity index (χ1n) is 8.19. The zero-order valence-corrected chi connectivity index (χ0v) is 14.3. The molecular formula is C17H21ClF4N2O. The summed E-state index contributed by atoms with van der Waals surface area (Å²) in [6.45, 7) is 0. The van der Waals surface area contributed by atoms with Crippen molar-refractivity contribution < 1.29 is 22.4 Å². The molecular weight excluding hydrogens is 360 g/mol. The van der Waals surface area contributed by atoms with Gasteiger partial charge in [0.15, 0.2) is 0 Å². The van der Waals surface area contributed by atoms with Gasteiger partial charge in [-0.1, -0.05) is 6.42 Å². The Bertz CT molecular complexity index is 624. The number of alkyl halides is 3. The van der Waals surface area contributed by atoms with Crippen LogP contribution in [0.2, 0.25) is 0 Å². The van der Waals surface area contributed by atoms with Gasteiger partial charge in [0.05, 0.1) is 5.56 Å². The molecule has 2 fully saturated rings. The molecule has 0 saturated heterocycles. The third-order valence-corrected chi connectivity index (χ3v) is 5.21. The van der Waals surface area contributed by atoms with Crippen molar-refractivity contribution in [1.29, 1.82) is 0 Å². The number of carbonyl (C=O) groups excluding carboxylic acids is 1. The molecule has 1 aromatic rings. The van der Waals surface area contributed by atoms with Crippen LogP contribution in [-0.4, -0.2) is 18.0 Å². The van der Waals surface area contributed by atoms with Crippen LogP contribution in [0.1, 0.15) is 48.0 Å². The minimum Gasteiger partial charge on any atom is -0.349 e. The maximum absolute atomic E-state index is 13.4. The Morgan fingerprint density at radius 3 is 2.32 bits per heavy atom. The summed E-state index contributed by atoms with van der Waals surface area (Å²) in [6, 6.07) is 2.41. The molecule has 140 valence electrons. The van der Waals surface area contributed by atoms with E-state index in [1.54, 1.807) is 0 Å². The summed E-state index contributed by atoms with van der Waals surface area (Å²) in [4.78, 5) is 12.4. The lowest BCUT2D eigenvalue weighted by Gasteiger charge is -2.45. The fourth-order valence-electron chi connectivity index (χ4n) is 4.14. The molecule has 1 amide bonds. The van der Waals surface area contributed by atoms with Crippen LogP contribution in [0.15, 0.2) is 18.2 Å². The molecule has 8 heteroatoms. The molecule has 1 aromatic carbocycles. The molecule has 2 bridgehead atoms. The summed E-state index contributed by atoms with van der Waals surface area (Å²) < 4.78 is 51.7. The number of halogens is 5. The van der Waals surface area contributed by atoms with Gasteiger partial charge in [-0.3, -0.25) is 4.79 Å². The minimum absolute atomic E-state index is 0. The zero-order valence-electron chi connectivity index (χ0n) is 13.5. The van der Waals surface area contributed by atoms with Crippen LogP contribution < -0.4 is 11.1 Å². The number of carbonyl (C=O) groups is 1. The van der Waals surface area contributed by atoms with E-state index in [0.29, 0.717) is 12.1 Å². The molecule has 2 saturated carbocycles. The number of fused-ring (bicyclic) bond motifs is 2. The topological polar surface area (TPSA) is 55.1 Å². The van der Waals surface area contributed by atoms with E-state index in [9.17, 15) is 22.4 Å². The molecule has 25 heavy (non-hydrogen) atoms. The van der Waals surface area contributed by atoms with E-state index in [2.05, 4.69) is 5.32 Å². The smallest absolute Gasteiger partial charge is 0.349 e. The number of nitrogens with two attached hydrogens (primary N) is 1. The lowest BCUT2D eigenvalue weighted by atomic mass is 9.67. The van der Waals surface area contributed by atoms with Crippen LogP contribution in [0, 0.1) is 17.7 Å². The van der Waals surface area contributed by atoms with Crippen LogP contribution in [0.25, 0.3) is 0 Å². The lowest BCUT2D eigenvalue weighted by Crippen LogP contribution is -2.53. The van der Waals surface area contributed by atoms with Crippen molar-refractivity contribution >= 4 is 18.3 Å². The molecule has 3 rings (SSSR count). The van der Waals surface area contributed by atoms with Gasteiger partial charge >= 0.3 is 6.18 Å². The number of hydrogen-bond donors (Lipinski definition) is 2. The number of nitrogens with one attached hydrogen (secondary N) is 1. The van der Waals surface area contributed by atoms with Gasteiger partial charge in [-0.05, 0) is 55.7 Å². The minimum atomic E-state index is -4.82. The standard InChI is InChI=1S/C17H20F4N2O.ClH/c18-14-5-4-11(8-13(14)17(19,20)21)16(24)23-15-9-2-1-3-10(15)7-12(22)6-9;/h4-5,8-10,12,15H,1-3,6-7,22H2,(H,23,24);1H. The van der Waals surface area contributed by atoms with Crippen molar-refractivity contribution in [3.63, 3.8) is 0 Å². The van der Waals surface area contributed by atoms with E-state index in [0.717, 1.165) is 38.2 Å². The van der Waals surface area contributed by atoms with Crippen LogP contribution in [0.4, 0.5) is 17.6 Å². The van der Waals surface area contributed by atoms with Gasteiger partial charge in [0.1, 0.15) is 5.82 Å². The Kier molecular flexibility index (Phi) is 5.99. The summed E-state index contributed by atoms with van der Waals surface area (Å²) in [5, 5.41) is 2.87. The Labute approximate surface area is 149 Å². The highest BCUT2D eigenvalue weighted by Crippen LogP contribution is 2.40. The van der Waals surface area contributed by atoms with Gasteiger partial charge in [-0.25, -0.2) is 4.39 Å². The van der Waals surface area contributed by atoms with Crippen molar-refractivity contribution in [2.24, 2.45) is 17.6 Å². The molecule has 0 aromatic heterocycles. The van der Waals surface area contributed by atoms with Gasteiger partial charge in [-0.2, -0.15) is 13.2 Å². The third kappa shape index (κ3) is 4.26. The number of rotatable bonds is 2. The summed E-state index contributed by atoms with van der Waals surface area (Å²) in [5.41, 5.74) is 4.45. The maximum Gasteiger partial charge on any atom is 0.419 e. The van der Waals surface area contributed by atoms with Gasteiger partial charge in [0.2, 0.25) is 0 Å². The maximum atomic E-state index is 13.4. The summed E-state index contributed by atoms with van der Waals surface area (Å²) in [5.74, 6) is -1.43. The molecule has 2 atom stereocenters. The Balaban J connectivity index is 0.00000225. The second-order valence-electron chi connectivity index (χ2n) is 6.87. The largest absolute Gasteiger partial charge is 0.419 e. The first kappa shape index (κ1) is 20.0. The predicted molar refractivity (Wildman–Crippen MR) is 87.9 cm³/mol. The summed E-state index contributed by atoms with van der Waals surface area (Å²) in [6.07, 6.45) is -0.173. The van der Waals surface area contributed by atoms with Crippen LogP contribution in [0.3, 0.4) is 0 Å². The van der Waals surface area contributed by atoms with Gasteiger partial charge in [0.25, 0.3) is 5.91 Å². The second kappa shape index (κ2) is 7.50. The summed E-state index contributed by atoms with van der Waals surface area (Å²) >= 11 is 0. The molecule has 0 heterocycles. The van der Waals surface area contributed by atoms with E-state index in [1.165, 1.54) is 0 Å². The SMILES string of the molecule is Cl.NC1CC2CCCC(C1)C2NC(=O)c1ccc(F)c(C(F)(F)F)c1. The van der Waals surface area contributed by atoms with E-state index >= 15 is 0 Å². The van der Waals surface area contributed by atoms with Crippen molar-refractivity contribution in [2.75, 3.05) is 0 Å². The quantitative estimate of drug-likeness (QED) is 0.764. The highest BCUT2D eigenvalue weighted by atomic mass is 35.5.